The summed E-state index contributed by atoms with van der Waals surface area (Å²) < 4.78 is 29.8. The van der Waals surface area contributed by atoms with Crippen molar-refractivity contribution in [3.05, 3.63) is 76.9 Å². The first-order valence-electron chi connectivity index (χ1n) is 11.1. The number of nitrogens with zero attached hydrogens (tertiary/aromatic N) is 2. The fraction of sp³-hybridized carbons (Fsp3) is 0.185. The van der Waals surface area contributed by atoms with Crippen LogP contribution in [0.25, 0.3) is 16.6 Å². The van der Waals surface area contributed by atoms with Gasteiger partial charge < -0.3 is 24.1 Å². The summed E-state index contributed by atoms with van der Waals surface area (Å²) in [6, 6.07) is 14.8. The van der Waals surface area contributed by atoms with Crippen LogP contribution < -0.4 is 18.9 Å². The number of rotatable bonds is 10. The molecule has 0 fully saturated rings. The molecule has 0 saturated heterocycles. The standard InChI is InChI=1S/C27H24N2O7S/c1-33-21-9-5-15(12-23(21)35-3)11-18(26(30)17-7-10-22(34-2)24(14-17)36-4)25(27(31)32)16-6-8-19-20(13-16)29-37-28-19/h5-10,12-14H,11H2,1-4H3,(H,31,32)/b25-18+. The number of ketones is 1. The van der Waals surface area contributed by atoms with Gasteiger partial charge in [-0.2, -0.15) is 8.75 Å². The van der Waals surface area contributed by atoms with Gasteiger partial charge in [0.25, 0.3) is 0 Å². The number of benzene rings is 3. The second-order valence-corrected chi connectivity index (χ2v) is 8.42. The highest BCUT2D eigenvalue weighted by Crippen LogP contribution is 2.34. The van der Waals surface area contributed by atoms with Crippen LogP contribution in [0.2, 0.25) is 0 Å². The number of methoxy groups -OCH3 is 4. The molecule has 0 aliphatic carbocycles. The first kappa shape index (κ1) is 25.6. The normalized spacial score (nSPS) is 11.6. The lowest BCUT2D eigenvalue weighted by Crippen LogP contribution is -2.14. The van der Waals surface area contributed by atoms with Crippen molar-refractivity contribution in [2.45, 2.75) is 6.42 Å². The molecule has 0 saturated carbocycles. The summed E-state index contributed by atoms with van der Waals surface area (Å²) in [6.45, 7) is 0. The lowest BCUT2D eigenvalue weighted by Gasteiger charge is -2.15. The van der Waals surface area contributed by atoms with E-state index in [1.54, 1.807) is 48.5 Å². The number of carboxylic acid groups (broad SMARTS) is 1. The highest BCUT2D eigenvalue weighted by Gasteiger charge is 2.25. The Morgan fingerprint density at radius 2 is 1.32 bits per heavy atom. The van der Waals surface area contributed by atoms with Crippen molar-refractivity contribution in [3.63, 3.8) is 0 Å². The average Bonchev–Trinajstić information content (AvgIpc) is 3.39. The number of ether oxygens (including phenoxy) is 4. The summed E-state index contributed by atoms with van der Waals surface area (Å²) in [6.07, 6.45) is 0.0164. The molecular formula is C27H24N2O7S. The zero-order valence-electron chi connectivity index (χ0n) is 20.6. The van der Waals surface area contributed by atoms with E-state index in [2.05, 4.69) is 8.75 Å². The van der Waals surface area contributed by atoms with Crippen LogP contribution >= 0.6 is 11.7 Å². The predicted molar refractivity (Wildman–Crippen MR) is 139 cm³/mol. The molecule has 3 aromatic carbocycles. The summed E-state index contributed by atoms with van der Waals surface area (Å²) in [4.78, 5) is 26.6. The van der Waals surface area contributed by atoms with Gasteiger partial charge in [-0.3, -0.25) is 4.79 Å². The molecule has 0 unspecified atom stereocenters. The molecule has 1 N–H and O–H groups in total. The van der Waals surface area contributed by atoms with E-state index in [0.29, 0.717) is 45.2 Å². The average molecular weight is 521 g/mol. The van der Waals surface area contributed by atoms with Crippen LogP contribution in [0, 0.1) is 0 Å². The number of fused-ring (bicyclic) bond motifs is 1. The minimum absolute atomic E-state index is 0.0164. The van der Waals surface area contributed by atoms with Gasteiger partial charge in [-0.25, -0.2) is 4.79 Å². The number of hydrogen-bond acceptors (Lipinski definition) is 9. The number of aromatic nitrogens is 2. The molecular weight excluding hydrogens is 496 g/mol. The summed E-state index contributed by atoms with van der Waals surface area (Å²) in [7, 11) is 5.99. The Morgan fingerprint density at radius 3 is 1.97 bits per heavy atom. The molecule has 1 heterocycles. The fourth-order valence-corrected chi connectivity index (χ4v) is 4.51. The molecule has 190 valence electrons. The second-order valence-electron chi connectivity index (χ2n) is 7.89. The van der Waals surface area contributed by atoms with E-state index >= 15 is 0 Å². The van der Waals surface area contributed by atoms with E-state index in [0.717, 1.165) is 11.7 Å². The lowest BCUT2D eigenvalue weighted by atomic mass is 9.89. The van der Waals surface area contributed by atoms with E-state index in [9.17, 15) is 14.7 Å². The molecule has 0 spiro atoms. The first-order chi connectivity index (χ1) is 17.9. The largest absolute Gasteiger partial charge is 0.493 e. The first-order valence-corrected chi connectivity index (χ1v) is 11.8. The molecule has 0 bridgehead atoms. The number of allylic oxidation sites excluding steroid dienone is 1. The summed E-state index contributed by atoms with van der Waals surface area (Å²) >= 11 is 1.03. The molecule has 0 atom stereocenters. The maximum absolute atomic E-state index is 13.9. The molecule has 0 aliphatic rings. The maximum atomic E-state index is 13.9. The Labute approximate surface area is 217 Å². The third-order valence-electron chi connectivity index (χ3n) is 5.81. The molecule has 0 amide bonds. The Morgan fingerprint density at radius 1 is 0.730 bits per heavy atom. The Kier molecular flexibility index (Phi) is 7.69. The maximum Gasteiger partial charge on any atom is 0.336 e. The lowest BCUT2D eigenvalue weighted by molar-refractivity contribution is -0.130. The minimum Gasteiger partial charge on any atom is -0.493 e. The number of carbonyl (C=O) groups excluding carboxylic acids is 1. The zero-order chi connectivity index (χ0) is 26.5. The third-order valence-corrected chi connectivity index (χ3v) is 6.36. The number of Topliss-reactive ketones (excluding diaryl/α,β-unsaturated/α-hetero) is 1. The van der Waals surface area contributed by atoms with Crippen molar-refractivity contribution in [1.29, 1.82) is 0 Å². The number of aliphatic carboxylic acids is 1. The summed E-state index contributed by atoms with van der Waals surface area (Å²) in [5.41, 5.74) is 2.40. The van der Waals surface area contributed by atoms with Gasteiger partial charge in [0.15, 0.2) is 28.8 Å². The predicted octanol–water partition coefficient (Wildman–Crippen LogP) is 4.69. The fourth-order valence-electron chi connectivity index (χ4n) is 3.99. The van der Waals surface area contributed by atoms with Gasteiger partial charge in [-0.15, -0.1) is 0 Å². The monoisotopic (exact) mass is 520 g/mol. The molecule has 37 heavy (non-hydrogen) atoms. The molecule has 0 aliphatic heterocycles. The molecule has 10 heteroatoms. The van der Waals surface area contributed by atoms with Crippen LogP contribution in [0.15, 0.2) is 60.2 Å². The van der Waals surface area contributed by atoms with Gasteiger partial charge >= 0.3 is 5.97 Å². The number of carbonyl (C=O) groups is 2. The molecule has 0 radical (unpaired) electrons. The molecule has 4 aromatic rings. The van der Waals surface area contributed by atoms with Crippen LogP contribution in [0.5, 0.6) is 23.0 Å². The van der Waals surface area contributed by atoms with E-state index in [-0.39, 0.29) is 23.1 Å². The van der Waals surface area contributed by atoms with Gasteiger partial charge in [0.2, 0.25) is 0 Å². The molecule has 9 nitrogen and oxygen atoms in total. The van der Waals surface area contributed by atoms with Crippen molar-refractivity contribution < 1.29 is 33.6 Å². The van der Waals surface area contributed by atoms with E-state index in [1.807, 2.05) is 0 Å². The van der Waals surface area contributed by atoms with Crippen LogP contribution in [0.3, 0.4) is 0 Å². The molecule has 1 aromatic heterocycles. The van der Waals surface area contributed by atoms with Crippen molar-refractivity contribution in [1.82, 2.24) is 8.75 Å². The van der Waals surface area contributed by atoms with Crippen LogP contribution in [-0.4, -0.2) is 54.0 Å². The highest BCUT2D eigenvalue weighted by atomic mass is 32.1. The zero-order valence-corrected chi connectivity index (χ0v) is 21.4. The summed E-state index contributed by atoms with van der Waals surface area (Å²) in [5.74, 6) is 0.0687. The van der Waals surface area contributed by atoms with Crippen molar-refractivity contribution in [2.75, 3.05) is 28.4 Å². The number of carboxylic acids is 1. The Bertz CT molecular complexity index is 1510. The number of hydrogen-bond donors (Lipinski definition) is 1. The van der Waals surface area contributed by atoms with Crippen molar-refractivity contribution in [3.8, 4) is 23.0 Å². The van der Waals surface area contributed by atoms with E-state index in [1.165, 1.54) is 34.5 Å². The third kappa shape index (κ3) is 5.24. The van der Waals surface area contributed by atoms with Crippen LogP contribution in [0.1, 0.15) is 21.5 Å². The highest BCUT2D eigenvalue weighted by molar-refractivity contribution is 7.00. The van der Waals surface area contributed by atoms with Gasteiger partial charge in [0, 0.05) is 17.6 Å². The van der Waals surface area contributed by atoms with Crippen molar-refractivity contribution >= 4 is 40.1 Å². The van der Waals surface area contributed by atoms with Crippen LogP contribution in [0.4, 0.5) is 0 Å². The van der Waals surface area contributed by atoms with Crippen LogP contribution in [-0.2, 0) is 11.2 Å². The Balaban J connectivity index is 1.92. The summed E-state index contributed by atoms with van der Waals surface area (Å²) in [5, 5.41) is 10.3. The topological polar surface area (TPSA) is 117 Å². The second kappa shape index (κ2) is 11.1. The van der Waals surface area contributed by atoms with E-state index in [4.69, 9.17) is 18.9 Å². The van der Waals surface area contributed by atoms with Crippen molar-refractivity contribution in [2.24, 2.45) is 0 Å². The van der Waals surface area contributed by atoms with Gasteiger partial charge in [0.1, 0.15) is 11.0 Å². The smallest absolute Gasteiger partial charge is 0.336 e. The minimum atomic E-state index is -1.24. The Hall–Kier alpha value is -4.44. The van der Waals surface area contributed by atoms with E-state index < -0.39 is 11.8 Å². The van der Waals surface area contributed by atoms with Gasteiger partial charge in [-0.05, 0) is 53.6 Å². The van der Waals surface area contributed by atoms with Gasteiger partial charge in [0.05, 0.1) is 45.7 Å². The quantitative estimate of drug-likeness (QED) is 0.235. The molecule has 4 rings (SSSR count). The SMILES string of the molecule is COc1ccc(C/C(C(=O)c2ccc(OC)c(OC)c2)=C(\C(=O)O)c2ccc3nsnc3c2)cc1OC. The van der Waals surface area contributed by atoms with Gasteiger partial charge in [-0.1, -0.05) is 12.1 Å².